The zero-order valence-corrected chi connectivity index (χ0v) is 15.2. The molecular weight excluding hydrogens is 322 g/mol. The SMILES string of the molecule is Cc1cc(C(=O)N2CC[C@H](c3ccccc3)C2)c(C)n1-c1cccnc1. The molecule has 1 fully saturated rings. The number of carbonyl (C=O) groups is 1. The molecule has 4 rings (SSSR count). The molecule has 0 saturated carbocycles. The lowest BCUT2D eigenvalue weighted by molar-refractivity contribution is 0.0790. The van der Waals surface area contributed by atoms with E-state index in [1.54, 1.807) is 6.20 Å². The molecule has 1 amide bonds. The first-order valence-electron chi connectivity index (χ1n) is 9.08. The monoisotopic (exact) mass is 345 g/mol. The van der Waals surface area contributed by atoms with Crippen molar-refractivity contribution in [2.24, 2.45) is 0 Å². The van der Waals surface area contributed by atoms with E-state index in [0.29, 0.717) is 5.92 Å². The van der Waals surface area contributed by atoms with Crippen LogP contribution in [0.3, 0.4) is 0 Å². The first-order valence-corrected chi connectivity index (χ1v) is 9.08. The molecule has 0 spiro atoms. The number of rotatable bonds is 3. The fraction of sp³-hybridized carbons (Fsp3) is 0.273. The summed E-state index contributed by atoms with van der Waals surface area (Å²) in [5.74, 6) is 0.564. The lowest BCUT2D eigenvalue weighted by Gasteiger charge is -2.17. The molecule has 1 aliphatic heterocycles. The molecule has 4 nitrogen and oxygen atoms in total. The standard InChI is InChI=1S/C22H23N3O/c1-16-13-21(17(2)25(16)20-9-6-11-23-14-20)22(26)24-12-10-19(15-24)18-7-4-3-5-8-18/h3-9,11,13-14,19H,10,12,15H2,1-2H3/t19-/m0/s1. The van der Waals surface area contributed by atoms with Crippen LogP contribution in [0.4, 0.5) is 0 Å². The highest BCUT2D eigenvalue weighted by atomic mass is 16.2. The summed E-state index contributed by atoms with van der Waals surface area (Å²) >= 11 is 0. The number of pyridine rings is 1. The van der Waals surface area contributed by atoms with Crippen LogP contribution < -0.4 is 0 Å². The minimum absolute atomic E-state index is 0.131. The topological polar surface area (TPSA) is 38.1 Å². The van der Waals surface area contributed by atoms with Gasteiger partial charge < -0.3 is 9.47 Å². The normalized spacial score (nSPS) is 16.8. The highest BCUT2D eigenvalue weighted by Gasteiger charge is 2.29. The van der Waals surface area contributed by atoms with E-state index in [-0.39, 0.29) is 5.91 Å². The van der Waals surface area contributed by atoms with Gasteiger partial charge in [-0.15, -0.1) is 0 Å². The highest BCUT2D eigenvalue weighted by Crippen LogP contribution is 2.29. The Morgan fingerprint density at radius 3 is 2.65 bits per heavy atom. The minimum Gasteiger partial charge on any atom is -0.338 e. The number of benzene rings is 1. The molecular formula is C22H23N3O. The third-order valence-electron chi connectivity index (χ3n) is 5.31. The van der Waals surface area contributed by atoms with E-state index in [0.717, 1.165) is 42.1 Å². The molecule has 26 heavy (non-hydrogen) atoms. The van der Waals surface area contributed by atoms with Gasteiger partial charge in [-0.1, -0.05) is 30.3 Å². The van der Waals surface area contributed by atoms with Crippen molar-refractivity contribution in [2.75, 3.05) is 13.1 Å². The van der Waals surface area contributed by atoms with Gasteiger partial charge in [0.15, 0.2) is 0 Å². The predicted molar refractivity (Wildman–Crippen MR) is 103 cm³/mol. The van der Waals surface area contributed by atoms with Gasteiger partial charge in [0.1, 0.15) is 0 Å². The van der Waals surface area contributed by atoms with Crippen molar-refractivity contribution in [3.63, 3.8) is 0 Å². The first kappa shape index (κ1) is 16.6. The van der Waals surface area contributed by atoms with Crippen LogP contribution >= 0.6 is 0 Å². The largest absolute Gasteiger partial charge is 0.338 e. The van der Waals surface area contributed by atoms with Crippen LogP contribution in [0.2, 0.25) is 0 Å². The molecule has 0 aliphatic carbocycles. The molecule has 0 unspecified atom stereocenters. The van der Waals surface area contributed by atoms with Gasteiger partial charge >= 0.3 is 0 Å². The molecule has 4 heteroatoms. The van der Waals surface area contributed by atoms with Crippen LogP contribution in [0.25, 0.3) is 5.69 Å². The second-order valence-corrected chi connectivity index (χ2v) is 6.98. The van der Waals surface area contributed by atoms with E-state index < -0.39 is 0 Å². The fourth-order valence-electron chi connectivity index (χ4n) is 3.98. The summed E-state index contributed by atoms with van der Waals surface area (Å²) < 4.78 is 2.10. The smallest absolute Gasteiger partial charge is 0.255 e. The maximum atomic E-state index is 13.1. The molecule has 0 N–H and O–H groups in total. The van der Waals surface area contributed by atoms with Gasteiger partial charge in [-0.2, -0.15) is 0 Å². The van der Waals surface area contributed by atoms with Crippen LogP contribution in [0.1, 0.15) is 39.6 Å². The average Bonchev–Trinajstić information content (AvgIpc) is 3.28. The predicted octanol–water partition coefficient (Wildman–Crippen LogP) is 4.12. The third-order valence-corrected chi connectivity index (χ3v) is 5.31. The summed E-state index contributed by atoms with van der Waals surface area (Å²) in [6, 6.07) is 16.4. The Balaban J connectivity index is 1.58. The lowest BCUT2D eigenvalue weighted by Crippen LogP contribution is -2.28. The van der Waals surface area contributed by atoms with Crippen molar-refractivity contribution >= 4 is 5.91 Å². The lowest BCUT2D eigenvalue weighted by atomic mass is 9.99. The number of amides is 1. The number of likely N-dealkylation sites (tertiary alicyclic amines) is 1. The molecule has 1 aromatic carbocycles. The van der Waals surface area contributed by atoms with Crippen LogP contribution in [0.5, 0.6) is 0 Å². The van der Waals surface area contributed by atoms with Crippen LogP contribution in [-0.4, -0.2) is 33.4 Å². The Bertz CT molecular complexity index is 915. The second kappa shape index (κ2) is 6.79. The molecule has 132 valence electrons. The zero-order valence-electron chi connectivity index (χ0n) is 15.2. The maximum absolute atomic E-state index is 13.1. The van der Waals surface area contributed by atoms with Crippen LogP contribution in [0.15, 0.2) is 60.9 Å². The molecule has 2 aromatic heterocycles. The molecule has 1 aliphatic rings. The quantitative estimate of drug-likeness (QED) is 0.716. The molecule has 1 saturated heterocycles. The Kier molecular flexibility index (Phi) is 4.33. The van der Waals surface area contributed by atoms with Crippen molar-refractivity contribution in [2.45, 2.75) is 26.2 Å². The zero-order chi connectivity index (χ0) is 18.1. The first-order chi connectivity index (χ1) is 12.6. The van der Waals surface area contributed by atoms with Gasteiger partial charge in [-0.05, 0) is 44.0 Å². The van der Waals surface area contributed by atoms with E-state index in [9.17, 15) is 4.79 Å². The molecule has 1 atom stereocenters. The van der Waals surface area contributed by atoms with Gasteiger partial charge in [0.2, 0.25) is 0 Å². The Morgan fingerprint density at radius 1 is 1.12 bits per heavy atom. The van der Waals surface area contributed by atoms with E-state index >= 15 is 0 Å². The van der Waals surface area contributed by atoms with Crippen LogP contribution in [-0.2, 0) is 0 Å². The van der Waals surface area contributed by atoms with Gasteiger partial charge in [0.25, 0.3) is 5.91 Å². The number of nitrogens with zero attached hydrogens (tertiary/aromatic N) is 3. The van der Waals surface area contributed by atoms with Crippen molar-refractivity contribution in [1.82, 2.24) is 14.5 Å². The van der Waals surface area contributed by atoms with E-state index in [4.69, 9.17) is 0 Å². The van der Waals surface area contributed by atoms with E-state index in [1.165, 1.54) is 5.56 Å². The molecule has 3 heterocycles. The maximum Gasteiger partial charge on any atom is 0.255 e. The van der Waals surface area contributed by atoms with Crippen molar-refractivity contribution in [1.29, 1.82) is 0 Å². The molecule has 0 bridgehead atoms. The summed E-state index contributed by atoms with van der Waals surface area (Å²) in [5.41, 5.74) is 5.13. The van der Waals surface area contributed by atoms with Crippen molar-refractivity contribution < 1.29 is 4.79 Å². The molecule has 0 radical (unpaired) electrons. The van der Waals surface area contributed by atoms with Gasteiger partial charge in [0.05, 0.1) is 17.4 Å². The number of hydrogen-bond acceptors (Lipinski definition) is 2. The van der Waals surface area contributed by atoms with Gasteiger partial charge in [-0.3, -0.25) is 9.78 Å². The van der Waals surface area contributed by atoms with E-state index in [2.05, 4.69) is 33.8 Å². The minimum atomic E-state index is 0.131. The summed E-state index contributed by atoms with van der Waals surface area (Å²) in [6.45, 7) is 5.65. The van der Waals surface area contributed by atoms with Crippen molar-refractivity contribution in [3.05, 3.63) is 83.4 Å². The fourth-order valence-corrected chi connectivity index (χ4v) is 3.98. The van der Waals surface area contributed by atoms with E-state index in [1.807, 2.05) is 49.2 Å². The van der Waals surface area contributed by atoms with Crippen LogP contribution in [0, 0.1) is 13.8 Å². The number of hydrogen-bond donors (Lipinski definition) is 0. The third kappa shape index (κ3) is 2.92. The van der Waals surface area contributed by atoms with Gasteiger partial charge in [0, 0.05) is 36.6 Å². The summed E-state index contributed by atoms with van der Waals surface area (Å²) in [7, 11) is 0. The number of carbonyl (C=O) groups excluding carboxylic acids is 1. The summed E-state index contributed by atoms with van der Waals surface area (Å²) in [5, 5.41) is 0. The Hall–Kier alpha value is -2.88. The highest BCUT2D eigenvalue weighted by molar-refractivity contribution is 5.96. The molecule has 3 aromatic rings. The Morgan fingerprint density at radius 2 is 1.92 bits per heavy atom. The Labute approximate surface area is 154 Å². The number of aromatic nitrogens is 2. The van der Waals surface area contributed by atoms with Crippen molar-refractivity contribution in [3.8, 4) is 5.69 Å². The summed E-state index contributed by atoms with van der Waals surface area (Å²) in [6.07, 6.45) is 4.62. The summed E-state index contributed by atoms with van der Waals surface area (Å²) in [4.78, 5) is 19.3. The number of aryl methyl sites for hydroxylation is 1. The second-order valence-electron chi connectivity index (χ2n) is 6.98. The average molecular weight is 345 g/mol. The van der Waals surface area contributed by atoms with Gasteiger partial charge in [-0.25, -0.2) is 0 Å².